The first-order chi connectivity index (χ1) is 9.22. The van der Waals surface area contributed by atoms with E-state index in [9.17, 15) is 15.0 Å². The van der Waals surface area contributed by atoms with Crippen LogP contribution >= 0.6 is 0 Å². The van der Waals surface area contributed by atoms with Gasteiger partial charge in [-0.3, -0.25) is 0 Å². The Morgan fingerprint density at radius 1 is 1.40 bits per heavy atom. The Morgan fingerprint density at radius 2 is 2.00 bits per heavy atom. The second-order valence-electron chi connectivity index (χ2n) is 7.74. The van der Waals surface area contributed by atoms with Gasteiger partial charge in [0.15, 0.2) is 0 Å². The molecular weight excluding hydrogens is 258 g/mol. The van der Waals surface area contributed by atoms with Gasteiger partial charge in [-0.2, -0.15) is 0 Å². The Morgan fingerprint density at radius 3 is 2.45 bits per heavy atom. The van der Waals surface area contributed by atoms with E-state index in [0.717, 1.165) is 12.8 Å². The third-order valence-corrected chi connectivity index (χ3v) is 5.30. The lowest BCUT2D eigenvalue weighted by molar-refractivity contribution is -0.118. The maximum atomic E-state index is 12.1. The fourth-order valence-electron chi connectivity index (χ4n) is 3.78. The van der Waals surface area contributed by atoms with Crippen molar-refractivity contribution in [2.45, 2.75) is 51.2 Å². The Bertz CT molecular complexity index is 424. The normalized spacial score (nSPS) is 43.0. The first-order valence-electron chi connectivity index (χ1n) is 7.53. The first kappa shape index (κ1) is 14.1. The topological polar surface area (TPSA) is 70.0 Å². The average molecular weight is 283 g/mol. The Kier molecular flexibility index (Phi) is 2.90. The minimum absolute atomic E-state index is 0.0699. The van der Waals surface area contributed by atoms with E-state index in [1.807, 2.05) is 20.8 Å². The minimum Gasteiger partial charge on any atom is -0.444 e. The molecule has 114 valence electrons. The van der Waals surface area contributed by atoms with Crippen molar-refractivity contribution in [3.63, 3.8) is 0 Å². The minimum atomic E-state index is -0.787. The van der Waals surface area contributed by atoms with Crippen molar-refractivity contribution in [2.24, 2.45) is 17.3 Å². The Balaban J connectivity index is 1.67. The van der Waals surface area contributed by atoms with Crippen LogP contribution in [0.25, 0.3) is 0 Å². The molecule has 1 saturated heterocycles. The predicted octanol–water partition coefficient (Wildman–Crippen LogP) is 1.38. The van der Waals surface area contributed by atoms with Crippen molar-refractivity contribution >= 4 is 6.09 Å². The highest BCUT2D eigenvalue weighted by molar-refractivity contribution is 5.68. The van der Waals surface area contributed by atoms with Gasteiger partial charge in [0.1, 0.15) is 5.60 Å². The Labute approximate surface area is 119 Å². The number of hydrogen-bond acceptors (Lipinski definition) is 4. The summed E-state index contributed by atoms with van der Waals surface area (Å²) in [6.07, 6.45) is 2.38. The van der Waals surface area contributed by atoms with E-state index in [2.05, 4.69) is 0 Å². The van der Waals surface area contributed by atoms with Crippen LogP contribution < -0.4 is 0 Å². The predicted molar refractivity (Wildman–Crippen MR) is 73.1 cm³/mol. The zero-order valence-corrected chi connectivity index (χ0v) is 12.6. The van der Waals surface area contributed by atoms with Crippen molar-refractivity contribution in [3.8, 4) is 0 Å². The zero-order chi connectivity index (χ0) is 14.8. The van der Waals surface area contributed by atoms with Gasteiger partial charge in [-0.1, -0.05) is 0 Å². The number of amides is 1. The molecule has 0 aromatic heterocycles. The van der Waals surface area contributed by atoms with Crippen LogP contribution in [-0.2, 0) is 4.74 Å². The number of aliphatic hydroxyl groups is 2. The number of likely N-dealkylation sites (tertiary alicyclic amines) is 1. The summed E-state index contributed by atoms with van der Waals surface area (Å²) in [7, 11) is 0. The molecule has 3 rings (SSSR count). The molecule has 1 aliphatic heterocycles. The first-order valence-corrected chi connectivity index (χ1v) is 7.53. The Hall–Kier alpha value is -0.810. The van der Waals surface area contributed by atoms with E-state index in [0.29, 0.717) is 25.4 Å². The van der Waals surface area contributed by atoms with Crippen molar-refractivity contribution in [1.82, 2.24) is 4.90 Å². The molecule has 0 aromatic carbocycles. The SMILES string of the molecule is CC(C)(C)OC(=O)N1CCC(O)(C23CC2C3)C(CO)C1. The average Bonchev–Trinajstić information content (AvgIpc) is 3.15. The molecule has 0 aromatic rings. The monoisotopic (exact) mass is 283 g/mol. The molecule has 5 nitrogen and oxygen atoms in total. The molecular formula is C15H25NO4. The number of nitrogens with zero attached hydrogens (tertiary/aromatic N) is 1. The lowest BCUT2D eigenvalue weighted by Gasteiger charge is -2.46. The van der Waals surface area contributed by atoms with Crippen molar-refractivity contribution in [1.29, 1.82) is 0 Å². The van der Waals surface area contributed by atoms with Gasteiger partial charge in [0.25, 0.3) is 0 Å². The fraction of sp³-hybridized carbons (Fsp3) is 0.933. The number of rotatable bonds is 2. The van der Waals surface area contributed by atoms with Gasteiger partial charge in [0.05, 0.1) is 12.2 Å². The molecule has 2 atom stereocenters. The van der Waals surface area contributed by atoms with E-state index < -0.39 is 11.2 Å². The van der Waals surface area contributed by atoms with E-state index >= 15 is 0 Å². The van der Waals surface area contributed by atoms with E-state index in [1.54, 1.807) is 4.90 Å². The molecule has 0 spiro atoms. The second kappa shape index (κ2) is 4.10. The van der Waals surface area contributed by atoms with Crippen molar-refractivity contribution < 1.29 is 19.7 Å². The third-order valence-electron chi connectivity index (χ3n) is 5.30. The molecule has 2 saturated carbocycles. The van der Waals surface area contributed by atoms with Gasteiger partial charge in [-0.05, 0) is 46.0 Å². The van der Waals surface area contributed by atoms with Gasteiger partial charge < -0.3 is 19.8 Å². The largest absolute Gasteiger partial charge is 0.444 e. The highest BCUT2D eigenvalue weighted by Gasteiger charge is 2.80. The van der Waals surface area contributed by atoms with Crippen LogP contribution in [0.15, 0.2) is 0 Å². The molecule has 20 heavy (non-hydrogen) atoms. The van der Waals surface area contributed by atoms with Gasteiger partial charge in [0.2, 0.25) is 0 Å². The summed E-state index contributed by atoms with van der Waals surface area (Å²) in [4.78, 5) is 13.7. The molecule has 2 aliphatic carbocycles. The van der Waals surface area contributed by atoms with Crippen LogP contribution in [0.3, 0.4) is 0 Å². The molecule has 3 aliphatic rings. The molecule has 2 N–H and O–H groups in total. The molecule has 2 unspecified atom stereocenters. The summed E-state index contributed by atoms with van der Waals surface area (Å²) in [6.45, 7) is 6.34. The standard InChI is InChI=1S/C15H25NO4/c1-13(2,3)20-12(18)16-5-4-15(19,11(8-16)9-17)14-6-10(14)7-14/h10-11,17,19H,4-9H2,1-3H3. The second-order valence-corrected chi connectivity index (χ2v) is 7.74. The van der Waals surface area contributed by atoms with E-state index in [1.165, 1.54) is 0 Å². The summed E-state index contributed by atoms with van der Waals surface area (Å²) in [5.41, 5.74) is -1.23. The summed E-state index contributed by atoms with van der Waals surface area (Å²) in [6, 6.07) is 0. The van der Waals surface area contributed by atoms with Crippen LogP contribution in [0.4, 0.5) is 4.79 Å². The quantitative estimate of drug-likeness (QED) is 0.803. The van der Waals surface area contributed by atoms with Crippen LogP contribution in [0, 0.1) is 17.3 Å². The highest BCUT2D eigenvalue weighted by atomic mass is 16.6. The summed E-state index contributed by atoms with van der Waals surface area (Å²) < 4.78 is 5.37. The highest BCUT2D eigenvalue weighted by Crippen LogP contribution is 2.81. The van der Waals surface area contributed by atoms with E-state index in [4.69, 9.17) is 4.74 Å². The summed E-state index contributed by atoms with van der Waals surface area (Å²) in [5.74, 6) is 0.408. The number of ether oxygens (including phenoxy) is 1. The molecule has 0 radical (unpaired) electrons. The number of carbonyl (C=O) groups excluding carboxylic acids is 1. The molecule has 5 heteroatoms. The van der Waals surface area contributed by atoms with E-state index in [-0.39, 0.29) is 24.0 Å². The maximum Gasteiger partial charge on any atom is 0.410 e. The number of carbonyl (C=O) groups is 1. The lowest BCUT2D eigenvalue weighted by atomic mass is 9.74. The van der Waals surface area contributed by atoms with Crippen LogP contribution in [0.2, 0.25) is 0 Å². The molecule has 0 bridgehead atoms. The fourth-order valence-corrected chi connectivity index (χ4v) is 3.78. The number of piperidine rings is 1. The van der Waals surface area contributed by atoms with Crippen LogP contribution in [0.5, 0.6) is 0 Å². The number of fused-ring (bicyclic) bond motifs is 1. The number of hydrogen-bond donors (Lipinski definition) is 2. The van der Waals surface area contributed by atoms with Gasteiger partial charge in [-0.25, -0.2) is 4.79 Å². The lowest BCUT2D eigenvalue weighted by Crippen LogP contribution is -2.57. The van der Waals surface area contributed by atoms with Crippen molar-refractivity contribution in [2.75, 3.05) is 19.7 Å². The number of aliphatic hydroxyl groups excluding tert-OH is 1. The summed E-state index contributed by atoms with van der Waals surface area (Å²) in [5, 5.41) is 20.6. The molecule has 1 heterocycles. The third kappa shape index (κ3) is 2.02. The van der Waals surface area contributed by atoms with Gasteiger partial charge >= 0.3 is 6.09 Å². The summed E-state index contributed by atoms with van der Waals surface area (Å²) >= 11 is 0. The van der Waals surface area contributed by atoms with Crippen LogP contribution in [0.1, 0.15) is 40.0 Å². The van der Waals surface area contributed by atoms with Crippen LogP contribution in [-0.4, -0.2) is 52.1 Å². The van der Waals surface area contributed by atoms with Gasteiger partial charge in [-0.15, -0.1) is 0 Å². The van der Waals surface area contributed by atoms with Crippen molar-refractivity contribution in [3.05, 3.63) is 0 Å². The maximum absolute atomic E-state index is 12.1. The smallest absolute Gasteiger partial charge is 0.410 e. The molecule has 1 amide bonds. The zero-order valence-electron chi connectivity index (χ0n) is 12.6. The van der Waals surface area contributed by atoms with Gasteiger partial charge in [0, 0.05) is 24.4 Å². The molecule has 3 fully saturated rings.